The lowest BCUT2D eigenvalue weighted by Crippen LogP contribution is -2.44. The molecule has 7 heteroatoms. The number of likely N-dealkylation sites (tertiary alicyclic amines) is 1. The molecule has 0 aliphatic carbocycles. The fourth-order valence-corrected chi connectivity index (χ4v) is 5.42. The highest BCUT2D eigenvalue weighted by molar-refractivity contribution is 7.13. The lowest BCUT2D eigenvalue weighted by molar-refractivity contribution is 0.0665. The first-order valence-electron chi connectivity index (χ1n) is 10.8. The molecule has 1 amide bonds. The molecule has 5 nitrogen and oxygen atoms in total. The van der Waals surface area contributed by atoms with Gasteiger partial charge >= 0.3 is 0 Å². The van der Waals surface area contributed by atoms with E-state index in [2.05, 4.69) is 23.4 Å². The van der Waals surface area contributed by atoms with Gasteiger partial charge in [-0.1, -0.05) is 29.8 Å². The van der Waals surface area contributed by atoms with Gasteiger partial charge in [-0.05, 0) is 57.3 Å². The van der Waals surface area contributed by atoms with Gasteiger partial charge in [0.15, 0.2) is 0 Å². The Morgan fingerprint density at radius 3 is 2.69 bits per heavy atom. The van der Waals surface area contributed by atoms with E-state index in [0.29, 0.717) is 11.1 Å². The number of pyridine rings is 1. The van der Waals surface area contributed by atoms with Gasteiger partial charge in [0.1, 0.15) is 5.01 Å². The highest BCUT2D eigenvalue weighted by Crippen LogP contribution is 2.33. The Morgan fingerprint density at radius 2 is 1.94 bits per heavy atom. The molecule has 32 heavy (non-hydrogen) atoms. The molecule has 1 aromatic carbocycles. The molecule has 1 saturated heterocycles. The normalized spacial score (nSPS) is 15.1. The van der Waals surface area contributed by atoms with Crippen LogP contribution in [0.5, 0.6) is 0 Å². The van der Waals surface area contributed by atoms with Gasteiger partial charge in [0.25, 0.3) is 5.91 Å². The second kappa shape index (κ2) is 8.70. The Hall–Kier alpha value is -2.67. The molecule has 164 valence electrons. The number of hydrogen-bond acceptors (Lipinski definition) is 4. The molecule has 0 unspecified atom stereocenters. The number of halogens is 1. The number of amides is 1. The second-order valence-corrected chi connectivity index (χ2v) is 9.73. The zero-order valence-corrected chi connectivity index (χ0v) is 19.7. The van der Waals surface area contributed by atoms with Crippen LogP contribution in [0.3, 0.4) is 0 Å². The molecule has 0 atom stereocenters. The van der Waals surface area contributed by atoms with Gasteiger partial charge in [-0.3, -0.25) is 4.79 Å². The Labute approximate surface area is 196 Å². The summed E-state index contributed by atoms with van der Waals surface area (Å²) >= 11 is 7.74. The number of fused-ring (bicyclic) bond motifs is 1. The van der Waals surface area contributed by atoms with Crippen LogP contribution in [-0.4, -0.2) is 58.3 Å². The van der Waals surface area contributed by atoms with Gasteiger partial charge in [-0.15, -0.1) is 11.3 Å². The Bertz CT molecular complexity index is 1270. The van der Waals surface area contributed by atoms with Crippen molar-refractivity contribution in [3.05, 3.63) is 70.7 Å². The van der Waals surface area contributed by atoms with Crippen molar-refractivity contribution in [3.63, 3.8) is 0 Å². The minimum Gasteiger partial charge on any atom is -0.338 e. The van der Waals surface area contributed by atoms with Crippen LogP contribution in [0.1, 0.15) is 23.2 Å². The van der Waals surface area contributed by atoms with E-state index in [1.54, 1.807) is 11.3 Å². The fourth-order valence-electron chi connectivity index (χ4n) is 4.42. The number of carbonyl (C=O) groups is 1. The van der Waals surface area contributed by atoms with Gasteiger partial charge in [0.05, 0.1) is 22.5 Å². The van der Waals surface area contributed by atoms with Crippen LogP contribution in [-0.2, 0) is 0 Å². The van der Waals surface area contributed by atoms with Gasteiger partial charge < -0.3 is 14.2 Å². The van der Waals surface area contributed by atoms with Gasteiger partial charge in [-0.25, -0.2) is 4.98 Å². The maximum absolute atomic E-state index is 13.5. The largest absolute Gasteiger partial charge is 0.338 e. The fraction of sp³-hybridized carbons (Fsp3) is 0.280. The van der Waals surface area contributed by atoms with E-state index in [9.17, 15) is 4.79 Å². The maximum atomic E-state index is 13.5. The number of aromatic nitrogens is 2. The first kappa shape index (κ1) is 21.2. The topological polar surface area (TPSA) is 40.8 Å². The molecule has 0 N–H and O–H groups in total. The number of hydrogen-bond donors (Lipinski definition) is 0. The number of rotatable bonds is 4. The molecule has 4 heterocycles. The zero-order valence-electron chi connectivity index (χ0n) is 18.2. The minimum atomic E-state index is 0.0995. The third-order valence-electron chi connectivity index (χ3n) is 6.23. The molecule has 1 aliphatic heterocycles. The lowest BCUT2D eigenvalue weighted by Gasteiger charge is -2.35. The summed E-state index contributed by atoms with van der Waals surface area (Å²) in [5.74, 6) is 0.0995. The molecular formula is C25H25ClN4OS. The van der Waals surface area contributed by atoms with Crippen LogP contribution in [0.2, 0.25) is 5.02 Å². The number of piperidine rings is 1. The summed E-state index contributed by atoms with van der Waals surface area (Å²) in [6.07, 6.45) is 4.01. The van der Waals surface area contributed by atoms with Crippen molar-refractivity contribution in [2.75, 3.05) is 27.2 Å². The average Bonchev–Trinajstić information content (AvgIpc) is 3.44. The highest BCUT2D eigenvalue weighted by atomic mass is 35.5. The van der Waals surface area contributed by atoms with Crippen LogP contribution in [0, 0.1) is 0 Å². The van der Waals surface area contributed by atoms with Gasteiger partial charge in [-0.2, -0.15) is 0 Å². The van der Waals surface area contributed by atoms with E-state index in [1.165, 1.54) is 0 Å². The lowest BCUT2D eigenvalue weighted by atomic mass is 10.0. The molecule has 0 bridgehead atoms. The smallest absolute Gasteiger partial charge is 0.256 e. The predicted octanol–water partition coefficient (Wildman–Crippen LogP) is 5.55. The van der Waals surface area contributed by atoms with E-state index < -0.39 is 0 Å². The van der Waals surface area contributed by atoms with E-state index in [4.69, 9.17) is 16.6 Å². The minimum absolute atomic E-state index is 0.0995. The molecule has 3 aromatic heterocycles. The number of nitrogens with zero attached hydrogens (tertiary/aromatic N) is 4. The van der Waals surface area contributed by atoms with Crippen molar-refractivity contribution in [2.45, 2.75) is 18.9 Å². The number of thiazole rings is 1. The van der Waals surface area contributed by atoms with Crippen molar-refractivity contribution >= 4 is 34.4 Å². The first-order chi connectivity index (χ1) is 15.5. The van der Waals surface area contributed by atoms with Gasteiger partial charge in [0, 0.05) is 41.3 Å². The first-order valence-corrected chi connectivity index (χ1v) is 12.0. The van der Waals surface area contributed by atoms with Crippen LogP contribution >= 0.6 is 22.9 Å². The SMILES string of the molecule is CN(C)C1CCN(C(=O)c2cc(-c3csc(-c4cccc(Cl)c4)n3)n3ccccc23)CC1. The zero-order chi connectivity index (χ0) is 22.2. The summed E-state index contributed by atoms with van der Waals surface area (Å²) < 4.78 is 2.07. The molecule has 0 spiro atoms. The predicted molar refractivity (Wildman–Crippen MR) is 132 cm³/mol. The van der Waals surface area contributed by atoms with Gasteiger partial charge in [0.2, 0.25) is 0 Å². The molecular weight excluding hydrogens is 440 g/mol. The van der Waals surface area contributed by atoms with E-state index >= 15 is 0 Å². The number of carbonyl (C=O) groups excluding carboxylic acids is 1. The summed E-state index contributed by atoms with van der Waals surface area (Å²) in [6.45, 7) is 1.58. The second-order valence-electron chi connectivity index (χ2n) is 8.43. The van der Waals surface area contributed by atoms with Crippen LogP contribution in [0.15, 0.2) is 60.1 Å². The van der Waals surface area contributed by atoms with E-state index in [0.717, 1.165) is 59.0 Å². The molecule has 0 saturated carbocycles. The third-order valence-corrected chi connectivity index (χ3v) is 7.35. The average molecular weight is 465 g/mol. The van der Waals surface area contributed by atoms with Crippen LogP contribution in [0.4, 0.5) is 0 Å². The summed E-state index contributed by atoms with van der Waals surface area (Å²) in [7, 11) is 4.22. The van der Waals surface area contributed by atoms with Crippen molar-refractivity contribution < 1.29 is 4.79 Å². The van der Waals surface area contributed by atoms with Crippen molar-refractivity contribution in [1.82, 2.24) is 19.2 Å². The van der Waals surface area contributed by atoms with Crippen LogP contribution < -0.4 is 0 Å². The third kappa shape index (κ3) is 3.94. The molecule has 1 aliphatic rings. The van der Waals surface area contributed by atoms with Crippen molar-refractivity contribution in [2.24, 2.45) is 0 Å². The summed E-state index contributed by atoms with van der Waals surface area (Å²) in [4.78, 5) is 22.6. The summed E-state index contributed by atoms with van der Waals surface area (Å²) in [5, 5.41) is 3.65. The van der Waals surface area contributed by atoms with Crippen molar-refractivity contribution in [3.8, 4) is 22.0 Å². The Balaban J connectivity index is 1.48. The Morgan fingerprint density at radius 1 is 1.12 bits per heavy atom. The molecule has 5 rings (SSSR count). The van der Waals surface area contributed by atoms with E-state index in [-0.39, 0.29) is 5.91 Å². The molecule has 4 aromatic rings. The quantitative estimate of drug-likeness (QED) is 0.397. The molecule has 0 radical (unpaired) electrons. The monoisotopic (exact) mass is 464 g/mol. The standard InChI is InChI=1S/C25H25ClN4OS/c1-28(2)19-9-12-29(13-10-19)25(31)20-15-23(30-11-4-3-8-22(20)30)21-16-32-24(27-21)17-6-5-7-18(26)14-17/h3-8,11,14-16,19H,9-10,12-13H2,1-2H3. The number of benzene rings is 1. The van der Waals surface area contributed by atoms with Crippen molar-refractivity contribution in [1.29, 1.82) is 0 Å². The Kier molecular flexibility index (Phi) is 5.76. The summed E-state index contributed by atoms with van der Waals surface area (Å²) in [6, 6.07) is 16.2. The molecule has 1 fully saturated rings. The van der Waals surface area contributed by atoms with E-state index in [1.807, 2.05) is 65.0 Å². The highest BCUT2D eigenvalue weighted by Gasteiger charge is 2.27. The van der Waals surface area contributed by atoms with Crippen LogP contribution in [0.25, 0.3) is 27.5 Å². The maximum Gasteiger partial charge on any atom is 0.256 e. The summed E-state index contributed by atoms with van der Waals surface area (Å²) in [5.41, 5.74) is 4.43.